The van der Waals surface area contributed by atoms with Gasteiger partial charge in [-0.1, -0.05) is 29.8 Å². The molecular weight excluding hydrogens is 296 g/mol. The molecule has 0 aromatic heterocycles. The van der Waals surface area contributed by atoms with Gasteiger partial charge >= 0.3 is 0 Å². The highest BCUT2D eigenvalue weighted by atomic mass is 32.2. The summed E-state index contributed by atoms with van der Waals surface area (Å²) in [5.41, 5.74) is 3.14. The molecule has 0 N–H and O–H groups in total. The van der Waals surface area contributed by atoms with E-state index in [2.05, 4.69) is 4.40 Å². The fraction of sp³-hybridized carbons (Fsp3) is 0.235. The second-order valence-corrected chi connectivity index (χ2v) is 6.97. The Hall–Kier alpha value is -2.14. The molecule has 0 aliphatic carbocycles. The van der Waals surface area contributed by atoms with Gasteiger partial charge in [-0.05, 0) is 36.8 Å². The monoisotopic (exact) mass is 316 g/mol. The number of sulfonamides is 1. The van der Waals surface area contributed by atoms with E-state index in [1.165, 1.54) is 6.21 Å². The predicted molar refractivity (Wildman–Crippen MR) is 91.3 cm³/mol. The molecule has 0 unspecified atom stereocenters. The van der Waals surface area contributed by atoms with Crippen molar-refractivity contribution < 1.29 is 8.42 Å². The van der Waals surface area contributed by atoms with Gasteiger partial charge in [-0.15, -0.1) is 0 Å². The summed E-state index contributed by atoms with van der Waals surface area (Å²) < 4.78 is 27.9. The molecule has 0 amide bonds. The largest absolute Gasteiger partial charge is 0.378 e. The topological polar surface area (TPSA) is 49.7 Å². The van der Waals surface area contributed by atoms with Crippen molar-refractivity contribution in [2.45, 2.75) is 18.2 Å². The van der Waals surface area contributed by atoms with E-state index in [0.29, 0.717) is 6.42 Å². The molecule has 116 valence electrons. The van der Waals surface area contributed by atoms with Crippen LogP contribution in [0.4, 0.5) is 5.69 Å². The van der Waals surface area contributed by atoms with Gasteiger partial charge in [-0.25, -0.2) is 0 Å². The molecule has 22 heavy (non-hydrogen) atoms. The molecule has 2 rings (SSSR count). The first kappa shape index (κ1) is 16.2. The van der Waals surface area contributed by atoms with Crippen LogP contribution >= 0.6 is 0 Å². The summed E-state index contributed by atoms with van der Waals surface area (Å²) in [7, 11) is 0.346. The first-order chi connectivity index (χ1) is 10.4. The van der Waals surface area contributed by atoms with Crippen LogP contribution in [0.25, 0.3) is 0 Å². The molecule has 2 aromatic rings. The van der Waals surface area contributed by atoms with Gasteiger partial charge in [0.05, 0.1) is 4.90 Å². The lowest BCUT2D eigenvalue weighted by Gasteiger charge is -2.12. The number of hydrogen-bond acceptors (Lipinski definition) is 3. The first-order valence-corrected chi connectivity index (χ1v) is 8.44. The van der Waals surface area contributed by atoms with Crippen molar-refractivity contribution in [1.29, 1.82) is 0 Å². The third-order valence-corrected chi connectivity index (χ3v) is 4.61. The van der Waals surface area contributed by atoms with E-state index in [-0.39, 0.29) is 4.90 Å². The van der Waals surface area contributed by atoms with E-state index in [1.807, 2.05) is 50.2 Å². The van der Waals surface area contributed by atoms with Gasteiger partial charge < -0.3 is 4.90 Å². The van der Waals surface area contributed by atoms with Gasteiger partial charge in [-0.3, -0.25) is 0 Å². The summed E-state index contributed by atoms with van der Waals surface area (Å²) in [5.74, 6) is 0. The number of hydrogen-bond donors (Lipinski definition) is 0. The molecular formula is C17H20N2O2S. The molecule has 5 heteroatoms. The van der Waals surface area contributed by atoms with Crippen molar-refractivity contribution in [3.8, 4) is 0 Å². The fourth-order valence-corrected chi connectivity index (χ4v) is 2.81. The van der Waals surface area contributed by atoms with Crippen LogP contribution in [-0.4, -0.2) is 28.7 Å². The molecule has 0 radical (unpaired) electrons. The van der Waals surface area contributed by atoms with E-state index in [4.69, 9.17) is 0 Å². The minimum Gasteiger partial charge on any atom is -0.378 e. The minimum absolute atomic E-state index is 0.220. The SMILES string of the molecule is Cc1ccc(S(=O)(=O)/N=C/Cc2ccc(N(C)C)cc2)cc1. The van der Waals surface area contributed by atoms with Crippen LogP contribution in [0.15, 0.2) is 57.8 Å². The molecule has 0 heterocycles. The minimum atomic E-state index is -3.61. The van der Waals surface area contributed by atoms with Gasteiger partial charge in [0, 0.05) is 32.4 Å². The van der Waals surface area contributed by atoms with Crippen LogP contribution in [0, 0.1) is 6.92 Å². The number of rotatable bonds is 5. The smallest absolute Gasteiger partial charge is 0.281 e. The van der Waals surface area contributed by atoms with E-state index in [1.54, 1.807) is 24.3 Å². The maximum atomic E-state index is 12.1. The van der Waals surface area contributed by atoms with Gasteiger partial charge in [0.15, 0.2) is 0 Å². The quantitative estimate of drug-likeness (QED) is 0.797. The van der Waals surface area contributed by atoms with Crippen LogP contribution in [0.3, 0.4) is 0 Å². The number of nitrogens with zero attached hydrogens (tertiary/aromatic N) is 2. The summed E-state index contributed by atoms with van der Waals surface area (Å²) in [5, 5.41) is 0. The van der Waals surface area contributed by atoms with Gasteiger partial charge in [-0.2, -0.15) is 12.8 Å². The number of benzene rings is 2. The van der Waals surface area contributed by atoms with E-state index in [9.17, 15) is 8.42 Å². The van der Waals surface area contributed by atoms with Crippen LogP contribution in [0.1, 0.15) is 11.1 Å². The Labute approximate surface area is 132 Å². The third-order valence-electron chi connectivity index (χ3n) is 3.31. The summed E-state index contributed by atoms with van der Waals surface area (Å²) in [6.07, 6.45) is 1.93. The molecule has 0 atom stereocenters. The van der Waals surface area contributed by atoms with Crippen molar-refractivity contribution in [1.82, 2.24) is 0 Å². The average molecular weight is 316 g/mol. The Morgan fingerprint density at radius 1 is 1.00 bits per heavy atom. The molecule has 0 aliphatic rings. The van der Waals surface area contributed by atoms with Gasteiger partial charge in [0.25, 0.3) is 10.0 Å². The van der Waals surface area contributed by atoms with Crippen molar-refractivity contribution in [3.63, 3.8) is 0 Å². The summed E-state index contributed by atoms with van der Waals surface area (Å²) >= 11 is 0. The van der Waals surface area contributed by atoms with Gasteiger partial charge in [0.1, 0.15) is 0 Å². The summed E-state index contributed by atoms with van der Waals surface area (Å²) in [6, 6.07) is 14.6. The highest BCUT2D eigenvalue weighted by Crippen LogP contribution is 2.14. The highest BCUT2D eigenvalue weighted by molar-refractivity contribution is 7.90. The van der Waals surface area contributed by atoms with Crippen molar-refractivity contribution in [2.24, 2.45) is 4.40 Å². The molecule has 0 spiro atoms. The Kier molecular flexibility index (Phi) is 4.98. The zero-order valence-electron chi connectivity index (χ0n) is 13.0. The summed E-state index contributed by atoms with van der Waals surface area (Å²) in [6.45, 7) is 1.91. The zero-order valence-corrected chi connectivity index (χ0v) is 13.8. The lowest BCUT2D eigenvalue weighted by molar-refractivity contribution is 0.598. The van der Waals surface area contributed by atoms with Crippen LogP contribution < -0.4 is 4.90 Å². The van der Waals surface area contributed by atoms with E-state index in [0.717, 1.165) is 16.8 Å². The Balaban J connectivity index is 2.06. The van der Waals surface area contributed by atoms with Gasteiger partial charge in [0.2, 0.25) is 0 Å². The summed E-state index contributed by atoms with van der Waals surface area (Å²) in [4.78, 5) is 2.23. The molecule has 0 bridgehead atoms. The van der Waals surface area contributed by atoms with Crippen LogP contribution in [0.2, 0.25) is 0 Å². The van der Waals surface area contributed by atoms with Crippen LogP contribution in [0.5, 0.6) is 0 Å². The lowest BCUT2D eigenvalue weighted by Crippen LogP contribution is -2.08. The molecule has 0 aliphatic heterocycles. The molecule has 4 nitrogen and oxygen atoms in total. The molecule has 0 saturated heterocycles. The van der Waals surface area contributed by atoms with Crippen LogP contribution in [-0.2, 0) is 16.4 Å². The van der Waals surface area contributed by atoms with Crippen molar-refractivity contribution >= 4 is 21.9 Å². The molecule has 0 saturated carbocycles. The standard InChI is InChI=1S/C17H20N2O2S/c1-14-4-10-17(11-5-14)22(20,21)18-13-12-15-6-8-16(9-7-15)19(2)3/h4-11,13H,12H2,1-3H3/b18-13+. The second kappa shape index (κ2) is 6.75. The predicted octanol–water partition coefficient (Wildman–Crippen LogP) is 3.06. The highest BCUT2D eigenvalue weighted by Gasteiger charge is 2.10. The second-order valence-electron chi connectivity index (χ2n) is 5.34. The normalized spacial score (nSPS) is 11.8. The molecule has 2 aromatic carbocycles. The average Bonchev–Trinajstić information content (AvgIpc) is 2.48. The fourth-order valence-electron chi connectivity index (χ4n) is 1.94. The Morgan fingerprint density at radius 2 is 1.59 bits per heavy atom. The van der Waals surface area contributed by atoms with E-state index >= 15 is 0 Å². The van der Waals surface area contributed by atoms with Crippen molar-refractivity contribution in [2.75, 3.05) is 19.0 Å². The number of aryl methyl sites for hydroxylation is 1. The van der Waals surface area contributed by atoms with E-state index < -0.39 is 10.0 Å². The maximum Gasteiger partial charge on any atom is 0.281 e. The molecule has 0 fully saturated rings. The third kappa shape index (κ3) is 4.18. The zero-order chi connectivity index (χ0) is 16.2. The van der Waals surface area contributed by atoms with Crippen molar-refractivity contribution in [3.05, 3.63) is 59.7 Å². The maximum absolute atomic E-state index is 12.1. The lowest BCUT2D eigenvalue weighted by atomic mass is 10.1. The first-order valence-electron chi connectivity index (χ1n) is 7.00. The number of anilines is 1. The Morgan fingerprint density at radius 3 is 2.14 bits per heavy atom. The Bertz CT molecular complexity index is 746.